The molecule has 0 spiro atoms. The van der Waals surface area contributed by atoms with E-state index in [0.29, 0.717) is 19.3 Å². The Kier molecular flexibility index (Phi) is 53.5. The Balaban J connectivity index is 1.70. The zero-order chi connectivity index (χ0) is 73.9. The van der Waals surface area contributed by atoms with Crippen LogP contribution in [0.25, 0.3) is 0 Å². The molecule has 596 valence electrons. The Labute approximate surface area is 606 Å². The van der Waals surface area contributed by atoms with Gasteiger partial charge in [0.05, 0.1) is 13.2 Å². The Hall–Kier alpha value is -2.04. The van der Waals surface area contributed by atoms with Crippen LogP contribution in [-0.2, 0) is 61.2 Å². The van der Waals surface area contributed by atoms with E-state index in [1.165, 1.54) is 186 Å². The summed E-state index contributed by atoms with van der Waals surface area (Å²) in [4.78, 5) is 51.1. The highest BCUT2D eigenvalue weighted by Gasteiger charge is 2.58. The maximum Gasteiger partial charge on any atom is 0.472 e. The molecule has 2 aliphatic heterocycles. The van der Waals surface area contributed by atoms with Gasteiger partial charge in [-0.1, -0.05) is 297 Å². The highest BCUT2D eigenvalue weighted by atomic mass is 31.2. The summed E-state index contributed by atoms with van der Waals surface area (Å²) in [5.41, 5.74) is 0. The topological polar surface area (TPSA) is 374 Å². The van der Waals surface area contributed by atoms with Crippen LogP contribution in [0, 0.1) is 0 Å². The summed E-state index contributed by atoms with van der Waals surface area (Å²) in [6.07, 6.45) is 17.1. The van der Waals surface area contributed by atoms with Crippen molar-refractivity contribution in [3.05, 3.63) is 0 Å². The van der Waals surface area contributed by atoms with E-state index in [9.17, 15) is 74.9 Å². The van der Waals surface area contributed by atoms with Crippen molar-refractivity contribution >= 4 is 25.7 Å². The lowest BCUT2D eigenvalue weighted by Crippen LogP contribution is -2.69. The SMILES string of the molecule is CCCCCCCCCCCCCCCCCCCC(=O)OCC(COP(=O)(O)OC1C(OC2OC(CO)C(O)C(O)C2O)C(O)C(O)C(O)C1OC1OC(COC(=O)CCCCCCCCCCCCCCCCC)C(O)C(O)C1O)OC(=O)CCCCCCCCCCCCCCCC. The summed E-state index contributed by atoms with van der Waals surface area (Å²) < 4.78 is 65.2. The van der Waals surface area contributed by atoms with Crippen LogP contribution in [0.4, 0.5) is 0 Å². The van der Waals surface area contributed by atoms with Gasteiger partial charge in [-0.2, -0.15) is 0 Å². The number of carbonyl (C=O) groups is 3. The lowest BCUT2D eigenvalue weighted by molar-refractivity contribution is -0.360. The highest BCUT2D eigenvalue weighted by molar-refractivity contribution is 7.47. The van der Waals surface area contributed by atoms with E-state index in [4.69, 9.17) is 42.2 Å². The second-order valence-electron chi connectivity index (χ2n) is 29.2. The number of phosphoric acid groups is 1. The first kappa shape index (κ1) is 93.2. The van der Waals surface area contributed by atoms with E-state index in [1.54, 1.807) is 0 Å². The number of rotatable bonds is 64. The van der Waals surface area contributed by atoms with Crippen LogP contribution in [-0.4, -0.2) is 204 Å². The van der Waals surface area contributed by atoms with E-state index in [2.05, 4.69) is 20.8 Å². The molecule has 0 bridgehead atoms. The van der Waals surface area contributed by atoms with Crippen molar-refractivity contribution in [3.63, 3.8) is 0 Å². The van der Waals surface area contributed by atoms with Crippen LogP contribution < -0.4 is 0 Å². The zero-order valence-electron chi connectivity index (χ0n) is 62.5. The van der Waals surface area contributed by atoms with Gasteiger partial charge in [-0.15, -0.1) is 0 Å². The minimum absolute atomic E-state index is 0.0329. The Morgan fingerprint density at radius 3 is 0.970 bits per heavy atom. The molecule has 2 saturated heterocycles. The summed E-state index contributed by atoms with van der Waals surface area (Å²) in [6, 6.07) is 0. The second-order valence-corrected chi connectivity index (χ2v) is 30.6. The maximum absolute atomic E-state index is 14.4. The molecular weight excluding hydrogens is 1330 g/mol. The molecule has 0 aromatic carbocycles. The average Bonchev–Trinajstić information content (AvgIpc) is 0.760. The number of ether oxygens (including phenoxy) is 7. The minimum atomic E-state index is -5.69. The molecule has 24 nitrogen and oxygen atoms in total. The molecule has 18 atom stereocenters. The van der Waals surface area contributed by atoms with E-state index in [-0.39, 0.29) is 19.3 Å². The first-order chi connectivity index (χ1) is 48.8. The summed E-state index contributed by atoms with van der Waals surface area (Å²) in [6.45, 7) is 3.51. The molecule has 1 aliphatic carbocycles. The number of esters is 3. The van der Waals surface area contributed by atoms with Crippen LogP contribution in [0.5, 0.6) is 0 Å². The smallest absolute Gasteiger partial charge is 0.463 e. The Bertz CT molecular complexity index is 2080. The van der Waals surface area contributed by atoms with Crippen LogP contribution in [0.15, 0.2) is 0 Å². The van der Waals surface area contributed by atoms with Crippen molar-refractivity contribution in [1.29, 1.82) is 0 Å². The van der Waals surface area contributed by atoms with E-state index >= 15 is 0 Å². The quantitative estimate of drug-likeness (QED) is 0.0117. The monoisotopic (exact) mass is 1470 g/mol. The molecule has 25 heteroatoms. The summed E-state index contributed by atoms with van der Waals surface area (Å²) in [5.74, 6) is -1.97. The van der Waals surface area contributed by atoms with Gasteiger partial charge in [0.15, 0.2) is 18.7 Å². The lowest BCUT2D eigenvalue weighted by Gasteiger charge is -2.49. The largest absolute Gasteiger partial charge is 0.472 e. The van der Waals surface area contributed by atoms with E-state index in [0.717, 1.165) is 89.9 Å². The van der Waals surface area contributed by atoms with Crippen molar-refractivity contribution in [1.82, 2.24) is 0 Å². The molecule has 101 heavy (non-hydrogen) atoms. The van der Waals surface area contributed by atoms with Crippen molar-refractivity contribution in [2.24, 2.45) is 0 Å². The molecule has 3 rings (SSSR count). The molecular formula is C76H143O24P. The first-order valence-corrected chi connectivity index (χ1v) is 41.8. The molecule has 0 amide bonds. The first-order valence-electron chi connectivity index (χ1n) is 40.3. The highest BCUT2D eigenvalue weighted by Crippen LogP contribution is 2.49. The number of aliphatic hydroxyl groups excluding tert-OH is 10. The number of phosphoric ester groups is 1. The molecule has 0 aromatic heterocycles. The molecule has 0 radical (unpaired) electrons. The van der Waals surface area contributed by atoms with Gasteiger partial charge < -0.3 is 89.1 Å². The van der Waals surface area contributed by atoms with Gasteiger partial charge in [-0.25, -0.2) is 4.57 Å². The normalized spacial score (nSPS) is 27.1. The minimum Gasteiger partial charge on any atom is -0.463 e. The van der Waals surface area contributed by atoms with Crippen LogP contribution in [0.3, 0.4) is 0 Å². The molecule has 3 aliphatic rings. The molecule has 0 aromatic rings. The molecule has 2 heterocycles. The summed E-state index contributed by atoms with van der Waals surface area (Å²) >= 11 is 0. The molecule has 18 unspecified atom stereocenters. The van der Waals surface area contributed by atoms with Gasteiger partial charge in [0.25, 0.3) is 0 Å². The number of unbranched alkanes of at least 4 members (excludes halogenated alkanes) is 43. The van der Waals surface area contributed by atoms with Crippen molar-refractivity contribution in [3.8, 4) is 0 Å². The molecule has 1 saturated carbocycles. The number of hydrogen-bond donors (Lipinski definition) is 11. The fourth-order valence-electron chi connectivity index (χ4n) is 13.6. The van der Waals surface area contributed by atoms with Crippen molar-refractivity contribution < 1.29 is 117 Å². The van der Waals surface area contributed by atoms with Gasteiger partial charge in [0, 0.05) is 19.3 Å². The fraction of sp³-hybridized carbons (Fsp3) is 0.961. The predicted octanol–water partition coefficient (Wildman–Crippen LogP) is 12.1. The third-order valence-corrected chi connectivity index (χ3v) is 21.1. The van der Waals surface area contributed by atoms with E-state index in [1.807, 2.05) is 0 Å². The number of aliphatic hydroxyl groups is 10. The average molecular weight is 1470 g/mol. The van der Waals surface area contributed by atoms with E-state index < -0.39 is 156 Å². The number of hydrogen-bond acceptors (Lipinski definition) is 23. The van der Waals surface area contributed by atoms with Crippen molar-refractivity contribution in [2.75, 3.05) is 26.4 Å². The second kappa shape index (κ2) is 58.0. The van der Waals surface area contributed by atoms with Crippen LogP contribution in [0.2, 0.25) is 0 Å². The van der Waals surface area contributed by atoms with Gasteiger partial charge in [0.2, 0.25) is 0 Å². The molecule has 11 N–H and O–H groups in total. The fourth-order valence-corrected chi connectivity index (χ4v) is 14.5. The van der Waals surface area contributed by atoms with Gasteiger partial charge in [0.1, 0.15) is 98.7 Å². The van der Waals surface area contributed by atoms with Gasteiger partial charge in [-0.3, -0.25) is 23.4 Å². The van der Waals surface area contributed by atoms with Crippen LogP contribution in [0.1, 0.15) is 335 Å². The van der Waals surface area contributed by atoms with Crippen molar-refractivity contribution in [2.45, 2.75) is 440 Å². The molecule has 3 fully saturated rings. The maximum atomic E-state index is 14.4. The lowest BCUT2D eigenvalue weighted by atomic mass is 9.84. The Morgan fingerprint density at radius 2 is 0.634 bits per heavy atom. The number of carbonyl (C=O) groups excluding carboxylic acids is 3. The zero-order valence-corrected chi connectivity index (χ0v) is 63.4. The van der Waals surface area contributed by atoms with Gasteiger partial charge in [-0.05, 0) is 19.3 Å². The third kappa shape index (κ3) is 40.7. The predicted molar refractivity (Wildman–Crippen MR) is 384 cm³/mol. The standard InChI is InChI=1S/C76H143O24P/c1-4-7-10-13-16-19-22-25-28-29-31-34-35-38-41-44-47-50-60(78)92-54-57(95-62(80)52-49-46-43-40-37-32-27-24-21-18-15-12-9-6-3)55-94-101(90,91)100-74-72(98-75-70(88)65(83)63(81)58(53-77)96-75)68(86)67(85)69(87)73(74)99-76-71(89)66(84)64(82)59(97-76)56-93-61(79)51-48-45-42-39-36-33-30-26-23-20-17-14-11-8-5-2/h57-59,63-77,81-89H,4-56H2,1-3H3,(H,90,91). The summed E-state index contributed by atoms with van der Waals surface area (Å²) in [7, 11) is -5.69. The Morgan fingerprint density at radius 1 is 0.347 bits per heavy atom. The van der Waals surface area contributed by atoms with Crippen LogP contribution >= 0.6 is 7.82 Å². The van der Waals surface area contributed by atoms with Gasteiger partial charge >= 0.3 is 25.7 Å². The third-order valence-electron chi connectivity index (χ3n) is 20.1. The summed E-state index contributed by atoms with van der Waals surface area (Å²) in [5, 5.41) is 110.